The number of rotatable bonds is 5. The van der Waals surface area contributed by atoms with E-state index in [4.69, 9.17) is 20.6 Å². The van der Waals surface area contributed by atoms with Crippen molar-refractivity contribution in [3.8, 4) is 44.8 Å². The van der Waals surface area contributed by atoms with Crippen molar-refractivity contribution in [1.29, 1.82) is 0 Å². The van der Waals surface area contributed by atoms with Gasteiger partial charge in [0.2, 0.25) is 0 Å². The fraction of sp³-hybridized carbons (Fsp3) is 0. The number of para-hydroxylation sites is 3. The van der Waals surface area contributed by atoms with Crippen LogP contribution in [-0.2, 0) is 0 Å². The van der Waals surface area contributed by atoms with E-state index in [1.807, 2.05) is 71.3 Å². The second-order valence-corrected chi connectivity index (χ2v) is 11.7. The Bertz CT molecular complexity index is 3780. The predicted molar refractivity (Wildman–Crippen MR) is 211 cm³/mol. The Balaban J connectivity index is 1.25. The molecule has 234 valence electrons. The van der Waals surface area contributed by atoms with Crippen LogP contribution in [0, 0.1) is 0 Å². The molecule has 10 rings (SSSR count). The van der Waals surface area contributed by atoms with Gasteiger partial charge in [0.15, 0.2) is 0 Å². The Morgan fingerprint density at radius 1 is 0.340 bits per heavy atom. The van der Waals surface area contributed by atoms with E-state index in [2.05, 4.69) is 0 Å². The van der Waals surface area contributed by atoms with Gasteiger partial charge in [-0.25, -0.2) is 0 Å². The maximum absolute atomic E-state index is 9.25. The minimum atomic E-state index is -0.737. The van der Waals surface area contributed by atoms with Gasteiger partial charge < -0.3 is 9.13 Å². The molecule has 0 saturated carbocycles. The number of nitrogens with zero attached hydrogens (tertiary/aromatic N) is 2. The van der Waals surface area contributed by atoms with E-state index >= 15 is 0 Å². The Morgan fingerprint density at radius 3 is 1.56 bits per heavy atom. The fourth-order valence-corrected chi connectivity index (χ4v) is 6.73. The molecule has 0 amide bonds. The van der Waals surface area contributed by atoms with Gasteiger partial charge in [-0.2, -0.15) is 0 Å². The summed E-state index contributed by atoms with van der Waals surface area (Å²) >= 11 is 0. The van der Waals surface area contributed by atoms with Crippen molar-refractivity contribution in [1.82, 2.24) is 9.13 Å². The molecule has 0 fully saturated rings. The van der Waals surface area contributed by atoms with E-state index in [-0.39, 0.29) is 44.8 Å². The number of fused-ring (bicyclic) bond motifs is 6. The molecule has 2 heterocycles. The first-order valence-corrected chi connectivity index (χ1v) is 15.8. The first kappa shape index (κ1) is 16.2. The summed E-state index contributed by atoms with van der Waals surface area (Å²) in [6.45, 7) is 0. The van der Waals surface area contributed by atoms with E-state index < -0.39 is 107 Å². The van der Waals surface area contributed by atoms with Gasteiger partial charge in [0.25, 0.3) is 0 Å². The van der Waals surface area contributed by atoms with Gasteiger partial charge >= 0.3 is 0 Å². The van der Waals surface area contributed by atoms with Gasteiger partial charge in [-0.3, -0.25) is 0 Å². The zero-order chi connectivity index (χ0) is 47.8. The van der Waals surface area contributed by atoms with Crippen molar-refractivity contribution in [2.45, 2.75) is 0 Å². The highest BCUT2D eigenvalue weighted by atomic mass is 15.0. The van der Waals surface area contributed by atoms with Gasteiger partial charge in [0.1, 0.15) is 0 Å². The van der Waals surface area contributed by atoms with Crippen LogP contribution in [0.5, 0.6) is 0 Å². The van der Waals surface area contributed by atoms with Gasteiger partial charge in [0.05, 0.1) is 51.1 Å². The van der Waals surface area contributed by atoms with E-state index in [9.17, 15) is 2.74 Å². The molecular formula is C48H32N2. The van der Waals surface area contributed by atoms with Crippen LogP contribution in [0.15, 0.2) is 194 Å². The van der Waals surface area contributed by atoms with Crippen LogP contribution in [0.1, 0.15) is 23.3 Å². The molecule has 0 spiro atoms. The summed E-state index contributed by atoms with van der Waals surface area (Å²) in [6.07, 6.45) is 0. The highest BCUT2D eigenvalue weighted by Crippen LogP contribution is 2.40. The van der Waals surface area contributed by atoms with Gasteiger partial charge in [0, 0.05) is 32.8 Å². The summed E-state index contributed by atoms with van der Waals surface area (Å²) in [7, 11) is 0. The number of hydrogen-bond acceptors (Lipinski definition) is 0. The Morgan fingerprint density at radius 2 is 0.880 bits per heavy atom. The monoisotopic (exact) mass is 653 g/mol. The molecular weight excluding hydrogens is 605 g/mol. The van der Waals surface area contributed by atoms with Crippen LogP contribution in [0.4, 0.5) is 0 Å². The van der Waals surface area contributed by atoms with Crippen LogP contribution in [0.3, 0.4) is 0 Å². The van der Waals surface area contributed by atoms with Crippen molar-refractivity contribution in [3.63, 3.8) is 0 Å². The standard InChI is InChI=1S/C48H32N2/c1-3-13-33(14-4-1)34-23-27-38(28-24-34)49-45-21-11-8-18-40(45)42-31-36(25-29-47(42)49)37-26-30-48-43(32-37)41-19-9-12-22-46(41)50(48)44-20-10-7-17-39(44)35-15-5-2-6-16-35/h1-32H/i1D,3D,4D,8D,9D,11D,12D,13D,14D,18D,19D,21D,22D,23D,24D,27D,28D. The quantitative estimate of drug-likeness (QED) is 0.175. The molecule has 8 aromatic carbocycles. The van der Waals surface area contributed by atoms with Gasteiger partial charge in [-0.05, 0) is 82.3 Å². The second kappa shape index (κ2) is 11.5. The summed E-state index contributed by atoms with van der Waals surface area (Å²) in [5.41, 5.74) is 2.95. The smallest absolute Gasteiger partial charge is 0.0645 e. The maximum Gasteiger partial charge on any atom is 0.0645 e. The molecule has 0 N–H and O–H groups in total. The van der Waals surface area contributed by atoms with E-state index in [1.165, 1.54) is 4.57 Å². The third-order valence-corrected chi connectivity index (χ3v) is 8.94. The van der Waals surface area contributed by atoms with Gasteiger partial charge in [-0.15, -0.1) is 0 Å². The molecule has 2 aromatic heterocycles. The third kappa shape index (κ3) is 4.50. The molecule has 2 heteroatoms. The van der Waals surface area contributed by atoms with Crippen LogP contribution in [0.25, 0.3) is 88.4 Å². The molecule has 0 aliphatic heterocycles. The minimum absolute atomic E-state index is 0.0127. The van der Waals surface area contributed by atoms with Crippen LogP contribution >= 0.6 is 0 Å². The highest BCUT2D eigenvalue weighted by Gasteiger charge is 2.17. The lowest BCUT2D eigenvalue weighted by molar-refractivity contribution is 1.18. The molecule has 0 aliphatic rings. The fourth-order valence-electron chi connectivity index (χ4n) is 6.73. The summed E-state index contributed by atoms with van der Waals surface area (Å²) in [6, 6.07) is 17.8. The third-order valence-electron chi connectivity index (χ3n) is 8.94. The zero-order valence-corrected chi connectivity index (χ0v) is 26.1. The molecule has 0 bridgehead atoms. The van der Waals surface area contributed by atoms with Crippen LogP contribution in [-0.4, -0.2) is 9.13 Å². The lowest BCUT2D eigenvalue weighted by atomic mass is 10.0. The Kier molecular flexibility index (Phi) is 3.72. The number of hydrogen-bond donors (Lipinski definition) is 0. The molecule has 50 heavy (non-hydrogen) atoms. The summed E-state index contributed by atoms with van der Waals surface area (Å²) in [4.78, 5) is 0. The molecule has 0 saturated heterocycles. The van der Waals surface area contributed by atoms with E-state index in [0.29, 0.717) is 27.7 Å². The van der Waals surface area contributed by atoms with Crippen LogP contribution < -0.4 is 0 Å². The SMILES string of the molecule is [2H]c1c([2H])c([2H])c(-c2c([2H])c([2H])c(-n3c4ccc(-c5ccc6c(c5)c5c([2H])c([2H])c([2H])c([2H])c5n6-c5ccccc5-c5ccccc5)cc4c4c([2H])c([2H])c([2H])c([2H])c43)c([2H])c2[2H])c([2H])c1[2H]. The molecule has 10 aromatic rings. The van der Waals surface area contributed by atoms with Crippen LogP contribution in [0.2, 0.25) is 0 Å². The maximum atomic E-state index is 9.25. The normalized spacial score (nSPS) is 16.4. The summed E-state index contributed by atoms with van der Waals surface area (Å²) < 4.78 is 152. The average molecular weight is 654 g/mol. The number of benzene rings is 8. The van der Waals surface area contributed by atoms with Crippen molar-refractivity contribution < 1.29 is 23.3 Å². The van der Waals surface area contributed by atoms with E-state index in [1.54, 1.807) is 24.3 Å². The molecule has 0 unspecified atom stereocenters. The van der Waals surface area contributed by atoms with Gasteiger partial charge in [-0.1, -0.05) is 139 Å². The largest absolute Gasteiger partial charge is 0.309 e. The lowest BCUT2D eigenvalue weighted by Gasteiger charge is -2.14. The molecule has 0 radical (unpaired) electrons. The molecule has 0 atom stereocenters. The summed E-state index contributed by atoms with van der Waals surface area (Å²) in [5.74, 6) is 0. The first-order chi connectivity index (χ1) is 31.9. The topological polar surface area (TPSA) is 9.86 Å². The summed E-state index contributed by atoms with van der Waals surface area (Å²) in [5, 5.41) is 1.06. The Labute approximate surface area is 314 Å². The van der Waals surface area contributed by atoms with Crippen molar-refractivity contribution in [3.05, 3.63) is 194 Å². The average Bonchev–Trinajstić information content (AvgIpc) is 3.86. The van der Waals surface area contributed by atoms with E-state index in [0.717, 1.165) is 11.1 Å². The van der Waals surface area contributed by atoms with Crippen molar-refractivity contribution in [2.75, 3.05) is 0 Å². The zero-order valence-electron chi connectivity index (χ0n) is 43.1. The predicted octanol–water partition coefficient (Wildman–Crippen LogP) is 12.9. The minimum Gasteiger partial charge on any atom is -0.309 e. The number of aromatic nitrogens is 2. The van der Waals surface area contributed by atoms with Crippen molar-refractivity contribution in [2.24, 2.45) is 0 Å². The molecule has 0 aliphatic carbocycles. The lowest BCUT2D eigenvalue weighted by Crippen LogP contribution is -1.97. The molecule has 2 nitrogen and oxygen atoms in total. The Hall–Kier alpha value is -6.64. The first-order valence-electron chi connectivity index (χ1n) is 24.3. The van der Waals surface area contributed by atoms with Crippen molar-refractivity contribution >= 4 is 43.6 Å². The second-order valence-electron chi connectivity index (χ2n) is 11.7. The highest BCUT2D eigenvalue weighted by molar-refractivity contribution is 6.13.